The number of hydrogen-bond acceptors (Lipinski definition) is 8. The van der Waals surface area contributed by atoms with Crippen molar-refractivity contribution in [2.45, 2.75) is 37.4 Å². The second-order valence-electron chi connectivity index (χ2n) is 10.7. The van der Waals surface area contributed by atoms with Crippen molar-refractivity contribution in [1.29, 1.82) is 0 Å². The second kappa shape index (κ2) is 15.0. The maximum atomic E-state index is 14.3. The fraction of sp³-hybridized carbons (Fsp3) is 0.257. The molecule has 0 fully saturated rings. The average Bonchev–Trinajstić information content (AvgIpc) is 3.46. The van der Waals surface area contributed by atoms with Crippen molar-refractivity contribution in [3.8, 4) is 17.2 Å². The molecule has 4 aromatic rings. The van der Waals surface area contributed by atoms with Gasteiger partial charge < -0.3 is 24.1 Å². The van der Waals surface area contributed by atoms with Crippen molar-refractivity contribution in [3.05, 3.63) is 125 Å². The van der Waals surface area contributed by atoms with Gasteiger partial charge in [-0.05, 0) is 65.2 Å². The fourth-order valence-electron chi connectivity index (χ4n) is 5.14. The zero-order valence-corrected chi connectivity index (χ0v) is 25.5. The Labute approximate surface area is 269 Å². The topological polar surface area (TPSA) is 111 Å². The maximum Gasteiger partial charge on any atom is 0.573 e. The van der Waals surface area contributed by atoms with E-state index in [1.807, 2.05) is 42.5 Å². The number of aliphatic hydroxyl groups excluding tert-OH is 1. The molecule has 1 aliphatic heterocycles. The van der Waals surface area contributed by atoms with Crippen LogP contribution in [0.2, 0.25) is 0 Å². The van der Waals surface area contributed by atoms with E-state index >= 15 is 0 Å². The summed E-state index contributed by atoms with van der Waals surface area (Å²) in [5, 5.41) is 9.04. The lowest BCUT2D eigenvalue weighted by molar-refractivity contribution is -0.274. The number of benzene rings is 4. The Morgan fingerprint density at radius 3 is 2.32 bits per heavy atom. The SMILES string of the molecule is COc1cccc([C@@H]2OC(c3ccc(OCCCO)cc3)=N[C@]2(Cc2ccccc2)C(=O)NNCc2ccc(OC(F)(F)F)cc2)c1. The first kappa shape index (κ1) is 33.3. The minimum absolute atomic E-state index is 0.0258. The van der Waals surface area contributed by atoms with Gasteiger partial charge in [-0.15, -0.1) is 13.2 Å². The first-order chi connectivity index (χ1) is 22.7. The Balaban J connectivity index is 1.45. The van der Waals surface area contributed by atoms with Crippen LogP contribution in [0.4, 0.5) is 13.2 Å². The summed E-state index contributed by atoms with van der Waals surface area (Å²) in [4.78, 5) is 19.3. The summed E-state index contributed by atoms with van der Waals surface area (Å²) in [7, 11) is 1.55. The first-order valence-corrected chi connectivity index (χ1v) is 14.9. The molecule has 9 nitrogen and oxygen atoms in total. The van der Waals surface area contributed by atoms with Crippen molar-refractivity contribution < 1.29 is 42.0 Å². The van der Waals surface area contributed by atoms with E-state index in [0.29, 0.717) is 41.2 Å². The second-order valence-corrected chi connectivity index (χ2v) is 10.7. The normalized spacial score (nSPS) is 17.4. The number of rotatable bonds is 14. The highest BCUT2D eigenvalue weighted by Crippen LogP contribution is 2.43. The number of aliphatic imine (C=N–C) groups is 1. The quantitative estimate of drug-likeness (QED) is 0.119. The molecular weight excluding hydrogens is 615 g/mol. The first-order valence-electron chi connectivity index (χ1n) is 14.9. The summed E-state index contributed by atoms with van der Waals surface area (Å²) in [5.41, 5.74) is 6.91. The number of carbonyl (C=O) groups excluding carboxylic acids is 1. The number of hydrazine groups is 1. The maximum absolute atomic E-state index is 14.3. The van der Waals surface area contributed by atoms with Gasteiger partial charge in [-0.1, -0.05) is 54.6 Å². The number of nitrogens with zero attached hydrogens (tertiary/aromatic N) is 1. The number of hydrogen-bond donors (Lipinski definition) is 3. The van der Waals surface area contributed by atoms with Crippen molar-refractivity contribution in [3.63, 3.8) is 0 Å². The highest BCUT2D eigenvalue weighted by Gasteiger charge is 2.53. The van der Waals surface area contributed by atoms with E-state index in [2.05, 4.69) is 15.6 Å². The number of aliphatic hydroxyl groups is 1. The number of amides is 1. The van der Waals surface area contributed by atoms with Gasteiger partial charge in [-0.3, -0.25) is 10.2 Å². The van der Waals surface area contributed by atoms with E-state index < -0.39 is 23.9 Å². The van der Waals surface area contributed by atoms with Gasteiger partial charge in [-0.2, -0.15) is 0 Å². The summed E-state index contributed by atoms with van der Waals surface area (Å²) in [6.07, 6.45) is -4.98. The molecule has 0 bridgehead atoms. The van der Waals surface area contributed by atoms with Crippen LogP contribution in [0.5, 0.6) is 17.2 Å². The summed E-state index contributed by atoms with van der Waals surface area (Å²) < 4.78 is 59.3. The molecule has 0 aromatic heterocycles. The molecule has 2 atom stereocenters. The lowest BCUT2D eigenvalue weighted by Gasteiger charge is -2.31. The third-order valence-electron chi connectivity index (χ3n) is 7.39. The van der Waals surface area contributed by atoms with Crippen LogP contribution in [0.1, 0.15) is 34.8 Å². The number of ether oxygens (including phenoxy) is 4. The van der Waals surface area contributed by atoms with Crippen molar-refractivity contribution in [1.82, 2.24) is 10.9 Å². The molecule has 0 radical (unpaired) electrons. The summed E-state index contributed by atoms with van der Waals surface area (Å²) in [5.74, 6) is 0.619. The molecule has 0 spiro atoms. The molecular formula is C35H34F3N3O6. The van der Waals surface area contributed by atoms with Crippen LogP contribution in [0.15, 0.2) is 108 Å². The van der Waals surface area contributed by atoms with Gasteiger partial charge in [0.15, 0.2) is 11.6 Å². The molecule has 246 valence electrons. The molecule has 3 N–H and O–H groups in total. The molecule has 5 rings (SSSR count). The van der Waals surface area contributed by atoms with Gasteiger partial charge >= 0.3 is 6.36 Å². The number of methoxy groups -OCH3 is 1. The molecule has 1 amide bonds. The van der Waals surface area contributed by atoms with Crippen LogP contribution in [-0.4, -0.2) is 49.1 Å². The molecule has 0 saturated heterocycles. The molecule has 4 aromatic carbocycles. The predicted molar refractivity (Wildman–Crippen MR) is 168 cm³/mol. The number of carbonyl (C=O) groups is 1. The third kappa shape index (κ3) is 8.60. The van der Waals surface area contributed by atoms with E-state index in [4.69, 9.17) is 24.3 Å². The van der Waals surface area contributed by atoms with Gasteiger partial charge in [-0.25, -0.2) is 10.4 Å². The monoisotopic (exact) mass is 649 g/mol. The van der Waals surface area contributed by atoms with Gasteiger partial charge in [0.2, 0.25) is 5.90 Å². The van der Waals surface area contributed by atoms with Gasteiger partial charge in [0, 0.05) is 31.6 Å². The summed E-state index contributed by atoms with van der Waals surface area (Å²) >= 11 is 0. The van der Waals surface area contributed by atoms with Crippen molar-refractivity contribution in [2.75, 3.05) is 20.3 Å². The van der Waals surface area contributed by atoms with E-state index in [9.17, 15) is 18.0 Å². The van der Waals surface area contributed by atoms with Crippen LogP contribution >= 0.6 is 0 Å². The summed E-state index contributed by atoms with van der Waals surface area (Å²) in [6.45, 7) is 0.501. The van der Waals surface area contributed by atoms with Gasteiger partial charge in [0.05, 0.1) is 13.7 Å². The highest BCUT2D eigenvalue weighted by molar-refractivity contribution is 6.01. The Bertz CT molecular complexity index is 1650. The molecule has 12 heteroatoms. The Hall–Kier alpha value is -5.07. The minimum Gasteiger partial charge on any atom is -0.497 e. The van der Waals surface area contributed by atoms with Crippen LogP contribution < -0.4 is 25.1 Å². The Morgan fingerprint density at radius 2 is 1.64 bits per heavy atom. The Kier molecular flexibility index (Phi) is 10.6. The number of nitrogens with one attached hydrogen (secondary N) is 2. The zero-order chi connectivity index (χ0) is 33.3. The van der Waals surface area contributed by atoms with Crippen molar-refractivity contribution in [2.24, 2.45) is 4.99 Å². The van der Waals surface area contributed by atoms with Gasteiger partial charge in [0.1, 0.15) is 17.2 Å². The van der Waals surface area contributed by atoms with Crippen LogP contribution in [-0.2, 0) is 22.5 Å². The summed E-state index contributed by atoms with van der Waals surface area (Å²) in [6, 6.07) is 29.1. The van der Waals surface area contributed by atoms with E-state index in [1.165, 1.54) is 24.3 Å². The van der Waals surface area contributed by atoms with E-state index in [-0.39, 0.29) is 31.2 Å². The molecule has 1 aliphatic rings. The third-order valence-corrected chi connectivity index (χ3v) is 7.39. The average molecular weight is 650 g/mol. The molecule has 47 heavy (non-hydrogen) atoms. The standard InChI is InChI=1S/C35H34F3N3O6/c1-44-30-10-5-9-27(21-30)31-34(22-24-7-3-2-4-8-24,40-32(46-31)26-13-17-28(18-14-26)45-20-6-19-42)33(43)41-39-23-25-11-15-29(16-12-25)47-35(36,37)38/h2-5,7-18,21,31,39,42H,6,19-20,22-23H2,1H3,(H,41,43)/t31-,34-/m0/s1. The highest BCUT2D eigenvalue weighted by atomic mass is 19.4. The van der Waals surface area contributed by atoms with Crippen LogP contribution in [0.3, 0.4) is 0 Å². The van der Waals surface area contributed by atoms with E-state index in [1.54, 1.807) is 43.5 Å². The van der Waals surface area contributed by atoms with Gasteiger partial charge in [0.25, 0.3) is 5.91 Å². The molecule has 0 unspecified atom stereocenters. The predicted octanol–water partition coefficient (Wildman–Crippen LogP) is 5.68. The molecule has 0 saturated carbocycles. The molecule has 1 heterocycles. The van der Waals surface area contributed by atoms with E-state index in [0.717, 1.165) is 5.56 Å². The van der Waals surface area contributed by atoms with Crippen molar-refractivity contribution >= 4 is 11.8 Å². The smallest absolute Gasteiger partial charge is 0.497 e. The van der Waals surface area contributed by atoms with Crippen LogP contribution in [0, 0.1) is 0 Å². The minimum atomic E-state index is -4.79. The number of alkyl halides is 3. The van der Waals surface area contributed by atoms with Crippen LogP contribution in [0.25, 0.3) is 0 Å². The lowest BCUT2D eigenvalue weighted by atomic mass is 9.82. The zero-order valence-electron chi connectivity index (χ0n) is 25.5. The number of halogens is 3. The largest absolute Gasteiger partial charge is 0.573 e. The molecule has 0 aliphatic carbocycles. The fourth-order valence-corrected chi connectivity index (χ4v) is 5.14. The lowest BCUT2D eigenvalue weighted by Crippen LogP contribution is -2.53. The Morgan fingerprint density at radius 1 is 0.915 bits per heavy atom.